The number of nitrogens with one attached hydrogen (secondary N) is 1. The van der Waals surface area contributed by atoms with Gasteiger partial charge in [-0.3, -0.25) is 4.79 Å². The Morgan fingerprint density at radius 3 is 2.50 bits per heavy atom. The molecule has 1 aliphatic carbocycles. The fraction of sp³-hybridized carbons (Fsp3) is 0.346. The van der Waals surface area contributed by atoms with Crippen molar-refractivity contribution in [2.24, 2.45) is 5.92 Å². The lowest BCUT2D eigenvalue weighted by Crippen LogP contribution is -2.36. The maximum absolute atomic E-state index is 13.6. The lowest BCUT2D eigenvalue weighted by atomic mass is 9.86. The van der Waals surface area contributed by atoms with E-state index in [1.807, 2.05) is 12.1 Å². The number of aliphatic carboxylic acids is 1. The van der Waals surface area contributed by atoms with Gasteiger partial charge in [-0.1, -0.05) is 48.9 Å². The summed E-state index contributed by atoms with van der Waals surface area (Å²) in [6.07, 6.45) is -1.17. The Bertz CT molecular complexity index is 1100. The average molecular weight is 490 g/mol. The minimum absolute atomic E-state index is 0.0524. The molecule has 0 radical (unpaired) electrons. The molecule has 0 saturated heterocycles. The molecule has 8 heteroatoms. The van der Waals surface area contributed by atoms with Gasteiger partial charge in [0.15, 0.2) is 0 Å². The largest absolute Gasteiger partial charge is 0.488 e. The molecular formula is C26H26F3NO3S. The molecule has 0 amide bonds. The first-order chi connectivity index (χ1) is 16.3. The fourth-order valence-electron chi connectivity index (χ4n) is 4.28. The van der Waals surface area contributed by atoms with Crippen LogP contribution < -0.4 is 10.1 Å². The van der Waals surface area contributed by atoms with E-state index in [9.17, 15) is 23.1 Å². The summed E-state index contributed by atoms with van der Waals surface area (Å²) in [5.41, 5.74) is 1.74. The minimum atomic E-state index is -4.43. The summed E-state index contributed by atoms with van der Waals surface area (Å²) in [5.74, 6) is -0.424. The first kappa shape index (κ1) is 24.3. The summed E-state index contributed by atoms with van der Waals surface area (Å²) in [7, 11) is 0. The van der Waals surface area contributed by atoms with Crippen molar-refractivity contribution in [3.05, 3.63) is 76.0 Å². The van der Waals surface area contributed by atoms with Crippen molar-refractivity contribution in [1.82, 2.24) is 5.32 Å². The Kier molecular flexibility index (Phi) is 7.58. The zero-order valence-corrected chi connectivity index (χ0v) is 19.3. The van der Waals surface area contributed by atoms with Gasteiger partial charge >= 0.3 is 12.1 Å². The van der Waals surface area contributed by atoms with E-state index < -0.39 is 17.0 Å². The van der Waals surface area contributed by atoms with Crippen molar-refractivity contribution < 1.29 is 27.8 Å². The van der Waals surface area contributed by atoms with Crippen molar-refractivity contribution >= 4 is 17.3 Å². The number of ether oxygens (including phenoxy) is 1. The summed E-state index contributed by atoms with van der Waals surface area (Å²) in [5, 5.41) is 12.7. The standard InChI is InChI=1S/C26H26F3NO3S/c27-26(28,29)24-23(18-5-2-1-3-6-18)14-22(34-24)16-33-21-11-9-17(10-12-21)15-30-20-8-4-7-19(13-20)25(31)32/h1-3,5-6,9-12,14,19-20,30H,4,7-8,13,15-16H2,(H,31,32)/t19-,20+/m1/s1. The molecule has 2 aromatic carbocycles. The van der Waals surface area contributed by atoms with Crippen LogP contribution in [0.1, 0.15) is 41.0 Å². The lowest BCUT2D eigenvalue weighted by molar-refractivity contribution is -0.143. The Labute approximate surface area is 200 Å². The molecule has 180 valence electrons. The zero-order chi connectivity index (χ0) is 24.1. The molecule has 1 saturated carbocycles. The second-order valence-electron chi connectivity index (χ2n) is 8.53. The fourth-order valence-corrected chi connectivity index (χ4v) is 5.23. The highest BCUT2D eigenvalue weighted by atomic mass is 32.1. The molecule has 0 spiro atoms. The van der Waals surface area contributed by atoms with E-state index in [1.54, 1.807) is 48.5 Å². The summed E-state index contributed by atoms with van der Waals surface area (Å²) in [4.78, 5) is 11.1. The molecule has 2 atom stereocenters. The van der Waals surface area contributed by atoms with Crippen molar-refractivity contribution in [3.8, 4) is 16.9 Å². The van der Waals surface area contributed by atoms with Crippen molar-refractivity contribution in [2.45, 2.75) is 51.1 Å². The van der Waals surface area contributed by atoms with Crippen molar-refractivity contribution in [2.75, 3.05) is 0 Å². The van der Waals surface area contributed by atoms with Crippen LogP contribution in [0.3, 0.4) is 0 Å². The number of halogens is 3. The SMILES string of the molecule is O=C(O)[C@@H]1CCC[C@H](NCc2ccc(OCc3cc(-c4ccccc4)c(C(F)(F)F)s3)cc2)C1. The molecule has 4 nitrogen and oxygen atoms in total. The first-order valence-electron chi connectivity index (χ1n) is 11.2. The Morgan fingerprint density at radius 2 is 1.82 bits per heavy atom. The van der Waals surface area contributed by atoms with Gasteiger partial charge in [0, 0.05) is 23.0 Å². The molecule has 3 aromatic rings. The van der Waals surface area contributed by atoms with Gasteiger partial charge in [0.25, 0.3) is 0 Å². The molecule has 1 fully saturated rings. The molecule has 34 heavy (non-hydrogen) atoms. The Balaban J connectivity index is 1.34. The molecule has 0 unspecified atom stereocenters. The van der Waals surface area contributed by atoms with E-state index in [1.165, 1.54) is 0 Å². The van der Waals surface area contributed by atoms with E-state index in [0.717, 1.165) is 24.8 Å². The van der Waals surface area contributed by atoms with Gasteiger partial charge in [-0.15, -0.1) is 11.3 Å². The average Bonchev–Trinajstić information content (AvgIpc) is 3.28. The van der Waals surface area contributed by atoms with Gasteiger partial charge in [-0.05, 0) is 48.6 Å². The number of hydrogen-bond donors (Lipinski definition) is 2. The predicted molar refractivity (Wildman–Crippen MR) is 126 cm³/mol. The van der Waals surface area contributed by atoms with Gasteiger partial charge in [0.1, 0.15) is 17.2 Å². The third-order valence-electron chi connectivity index (χ3n) is 6.05. The maximum atomic E-state index is 13.6. The summed E-state index contributed by atoms with van der Waals surface area (Å²) >= 11 is 0.708. The number of rotatable bonds is 8. The highest BCUT2D eigenvalue weighted by molar-refractivity contribution is 7.12. The van der Waals surface area contributed by atoms with Crippen LogP contribution in [0.15, 0.2) is 60.7 Å². The van der Waals surface area contributed by atoms with Crippen LogP contribution in [0.4, 0.5) is 13.2 Å². The van der Waals surface area contributed by atoms with E-state index >= 15 is 0 Å². The van der Waals surface area contributed by atoms with E-state index in [-0.39, 0.29) is 24.1 Å². The van der Waals surface area contributed by atoms with Crippen molar-refractivity contribution in [1.29, 1.82) is 0 Å². The van der Waals surface area contributed by atoms with Gasteiger partial charge in [-0.25, -0.2) is 0 Å². The topological polar surface area (TPSA) is 58.6 Å². The van der Waals surface area contributed by atoms with Gasteiger partial charge in [0.2, 0.25) is 0 Å². The second-order valence-corrected chi connectivity index (χ2v) is 9.67. The van der Waals surface area contributed by atoms with Crippen LogP contribution in [0, 0.1) is 5.92 Å². The molecule has 4 rings (SSSR count). The molecule has 2 N–H and O–H groups in total. The van der Waals surface area contributed by atoms with Crippen LogP contribution in [0.2, 0.25) is 0 Å². The number of carboxylic acid groups (broad SMARTS) is 1. The molecule has 1 heterocycles. The number of carboxylic acids is 1. The quantitative estimate of drug-likeness (QED) is 0.368. The number of carbonyl (C=O) groups is 1. The number of alkyl halides is 3. The van der Waals surface area contributed by atoms with Crippen LogP contribution in [-0.4, -0.2) is 17.1 Å². The second kappa shape index (κ2) is 10.6. The van der Waals surface area contributed by atoms with E-state index in [2.05, 4.69) is 5.32 Å². The smallest absolute Gasteiger partial charge is 0.426 e. The van der Waals surface area contributed by atoms with Crippen LogP contribution in [-0.2, 0) is 24.1 Å². The molecule has 1 aromatic heterocycles. The monoisotopic (exact) mass is 489 g/mol. The molecular weight excluding hydrogens is 463 g/mol. The van der Waals surface area contributed by atoms with Crippen LogP contribution in [0.25, 0.3) is 11.1 Å². The highest BCUT2D eigenvalue weighted by Gasteiger charge is 2.36. The van der Waals surface area contributed by atoms with Crippen LogP contribution in [0.5, 0.6) is 5.75 Å². The number of thiophene rings is 1. The molecule has 0 bridgehead atoms. The highest BCUT2D eigenvalue weighted by Crippen LogP contribution is 2.43. The predicted octanol–water partition coefficient (Wildman–Crippen LogP) is 6.75. The summed E-state index contributed by atoms with van der Waals surface area (Å²) < 4.78 is 46.4. The lowest BCUT2D eigenvalue weighted by Gasteiger charge is -2.27. The third kappa shape index (κ3) is 6.18. The third-order valence-corrected chi connectivity index (χ3v) is 7.20. The Morgan fingerprint density at radius 1 is 1.09 bits per heavy atom. The van der Waals surface area contributed by atoms with Crippen molar-refractivity contribution in [3.63, 3.8) is 0 Å². The van der Waals surface area contributed by atoms with E-state index in [0.29, 0.717) is 40.5 Å². The van der Waals surface area contributed by atoms with Gasteiger partial charge in [-0.2, -0.15) is 13.2 Å². The maximum Gasteiger partial charge on any atom is 0.426 e. The first-order valence-corrected chi connectivity index (χ1v) is 12.0. The van der Waals surface area contributed by atoms with Gasteiger partial charge < -0.3 is 15.2 Å². The van der Waals surface area contributed by atoms with Crippen LogP contribution >= 0.6 is 11.3 Å². The van der Waals surface area contributed by atoms with Gasteiger partial charge in [0.05, 0.1) is 5.92 Å². The van der Waals surface area contributed by atoms with E-state index in [4.69, 9.17) is 4.74 Å². The Hall–Kier alpha value is -2.84. The number of benzene rings is 2. The molecule has 1 aliphatic rings. The molecule has 0 aliphatic heterocycles. The summed E-state index contributed by atoms with van der Waals surface area (Å²) in [6.45, 7) is 0.675. The number of hydrogen-bond acceptors (Lipinski definition) is 4. The normalized spacial score (nSPS) is 18.6. The minimum Gasteiger partial charge on any atom is -0.488 e. The zero-order valence-electron chi connectivity index (χ0n) is 18.5. The summed E-state index contributed by atoms with van der Waals surface area (Å²) in [6, 6.07) is 17.7.